The third kappa shape index (κ3) is 3.43. The van der Waals surface area contributed by atoms with Crippen molar-refractivity contribution in [3.8, 4) is 0 Å². The highest BCUT2D eigenvalue weighted by atomic mass is 32.2. The van der Waals surface area contributed by atoms with E-state index in [2.05, 4.69) is 10.4 Å². The number of benzene rings is 1. The van der Waals surface area contributed by atoms with Gasteiger partial charge in [0, 0.05) is 24.0 Å². The molecule has 24 heavy (non-hydrogen) atoms. The van der Waals surface area contributed by atoms with Gasteiger partial charge in [-0.3, -0.25) is 4.68 Å². The molecule has 0 fully saturated rings. The summed E-state index contributed by atoms with van der Waals surface area (Å²) in [6, 6.07) is 5.38. The number of aryl methyl sites for hydroxylation is 2. The summed E-state index contributed by atoms with van der Waals surface area (Å²) in [5, 5.41) is 7.71. The van der Waals surface area contributed by atoms with E-state index in [1.54, 1.807) is 0 Å². The SMILES string of the molecule is CCC(Nc1ccc(S(=O)(=O)C(F)F)cc1)c1c(C)nn(C)c1C. The summed E-state index contributed by atoms with van der Waals surface area (Å²) in [7, 11) is -2.69. The minimum Gasteiger partial charge on any atom is -0.378 e. The molecule has 0 saturated carbocycles. The van der Waals surface area contributed by atoms with Crippen LogP contribution in [0.4, 0.5) is 14.5 Å². The van der Waals surface area contributed by atoms with E-state index >= 15 is 0 Å². The first-order valence-electron chi connectivity index (χ1n) is 7.57. The lowest BCUT2D eigenvalue weighted by Crippen LogP contribution is -2.13. The zero-order valence-corrected chi connectivity index (χ0v) is 14.9. The van der Waals surface area contributed by atoms with Gasteiger partial charge >= 0.3 is 5.76 Å². The summed E-state index contributed by atoms with van der Waals surface area (Å²) in [5.74, 6) is -3.42. The second-order valence-corrected chi connectivity index (χ2v) is 7.56. The van der Waals surface area contributed by atoms with Crippen molar-refractivity contribution < 1.29 is 17.2 Å². The molecule has 1 N–H and O–H groups in total. The van der Waals surface area contributed by atoms with Gasteiger partial charge in [0.25, 0.3) is 0 Å². The van der Waals surface area contributed by atoms with Crippen molar-refractivity contribution in [1.82, 2.24) is 9.78 Å². The Hall–Kier alpha value is -1.96. The molecule has 1 atom stereocenters. The number of rotatable bonds is 6. The topological polar surface area (TPSA) is 64.0 Å². The van der Waals surface area contributed by atoms with Crippen LogP contribution < -0.4 is 5.32 Å². The molecule has 132 valence electrons. The summed E-state index contributed by atoms with van der Waals surface area (Å²) < 4.78 is 49.8. The van der Waals surface area contributed by atoms with E-state index in [1.165, 1.54) is 24.3 Å². The van der Waals surface area contributed by atoms with Crippen molar-refractivity contribution in [1.29, 1.82) is 0 Å². The Kier molecular flexibility index (Phi) is 5.27. The minimum absolute atomic E-state index is 0.00347. The number of anilines is 1. The third-order valence-corrected chi connectivity index (χ3v) is 5.48. The highest BCUT2D eigenvalue weighted by Gasteiger charge is 2.26. The molecule has 0 spiro atoms. The lowest BCUT2D eigenvalue weighted by molar-refractivity contribution is 0.234. The van der Waals surface area contributed by atoms with Crippen molar-refractivity contribution in [2.45, 2.75) is 43.9 Å². The predicted molar refractivity (Wildman–Crippen MR) is 89.0 cm³/mol. The fourth-order valence-corrected chi connectivity index (χ4v) is 3.44. The summed E-state index contributed by atoms with van der Waals surface area (Å²) in [6.07, 6.45) is 0.796. The first-order valence-corrected chi connectivity index (χ1v) is 9.11. The average molecular weight is 357 g/mol. The Morgan fingerprint density at radius 1 is 1.21 bits per heavy atom. The van der Waals surface area contributed by atoms with E-state index < -0.39 is 15.6 Å². The van der Waals surface area contributed by atoms with Crippen LogP contribution in [0.25, 0.3) is 0 Å². The van der Waals surface area contributed by atoms with E-state index in [0.717, 1.165) is 23.4 Å². The Balaban J connectivity index is 2.27. The van der Waals surface area contributed by atoms with Crippen LogP contribution in [-0.4, -0.2) is 24.0 Å². The lowest BCUT2D eigenvalue weighted by Gasteiger charge is -2.19. The van der Waals surface area contributed by atoms with Crippen molar-refractivity contribution in [2.75, 3.05) is 5.32 Å². The van der Waals surface area contributed by atoms with Crippen molar-refractivity contribution in [3.63, 3.8) is 0 Å². The van der Waals surface area contributed by atoms with Gasteiger partial charge in [-0.15, -0.1) is 0 Å². The van der Waals surface area contributed by atoms with Gasteiger partial charge in [0.1, 0.15) is 0 Å². The Bertz CT molecular complexity index is 815. The standard InChI is InChI=1S/C16H21F2N3O2S/c1-5-14(15-10(2)20-21(4)11(15)3)19-12-6-8-13(9-7-12)24(22,23)16(17)18/h6-9,14,16,19H,5H2,1-4H3. The molecule has 8 heteroatoms. The first kappa shape index (κ1) is 18.4. The van der Waals surface area contributed by atoms with Gasteiger partial charge in [0.15, 0.2) is 0 Å². The van der Waals surface area contributed by atoms with Crippen LogP contribution >= 0.6 is 0 Å². The molecule has 1 aromatic heterocycles. The molecule has 0 saturated heterocycles. The van der Waals surface area contributed by atoms with Crippen LogP contribution in [-0.2, 0) is 16.9 Å². The molecule has 2 aromatic rings. The van der Waals surface area contributed by atoms with Crippen molar-refractivity contribution in [2.24, 2.45) is 7.05 Å². The molecule has 1 aromatic carbocycles. The predicted octanol–water partition coefficient (Wildman–Crippen LogP) is 3.60. The van der Waals surface area contributed by atoms with E-state index in [0.29, 0.717) is 5.69 Å². The molecule has 0 aliphatic rings. The maximum absolute atomic E-state index is 12.6. The smallest absolute Gasteiger partial charge is 0.341 e. The van der Waals surface area contributed by atoms with E-state index in [9.17, 15) is 17.2 Å². The van der Waals surface area contributed by atoms with Crippen LogP contribution in [0.2, 0.25) is 0 Å². The first-order chi connectivity index (χ1) is 11.2. The Morgan fingerprint density at radius 3 is 2.21 bits per heavy atom. The van der Waals surface area contributed by atoms with E-state index in [-0.39, 0.29) is 10.9 Å². The number of aromatic nitrogens is 2. The summed E-state index contributed by atoms with van der Waals surface area (Å²) >= 11 is 0. The van der Waals surface area contributed by atoms with Crippen molar-refractivity contribution in [3.05, 3.63) is 41.2 Å². The molecular weight excluding hydrogens is 336 g/mol. The second kappa shape index (κ2) is 6.88. The number of nitrogens with one attached hydrogen (secondary N) is 1. The van der Waals surface area contributed by atoms with E-state index in [1.807, 2.05) is 32.5 Å². The number of hydrogen-bond donors (Lipinski definition) is 1. The highest BCUT2D eigenvalue weighted by Crippen LogP contribution is 2.28. The van der Waals surface area contributed by atoms with Crippen LogP contribution in [0, 0.1) is 13.8 Å². The van der Waals surface area contributed by atoms with Gasteiger partial charge in [-0.1, -0.05) is 6.92 Å². The molecule has 0 aliphatic heterocycles. The van der Waals surface area contributed by atoms with Crippen LogP contribution in [0.3, 0.4) is 0 Å². The highest BCUT2D eigenvalue weighted by molar-refractivity contribution is 7.91. The molecule has 5 nitrogen and oxygen atoms in total. The maximum atomic E-state index is 12.6. The van der Waals surface area contributed by atoms with Gasteiger partial charge in [0.05, 0.1) is 16.6 Å². The van der Waals surface area contributed by atoms with Crippen LogP contribution in [0.5, 0.6) is 0 Å². The monoisotopic (exact) mass is 357 g/mol. The van der Waals surface area contributed by atoms with Gasteiger partial charge in [-0.2, -0.15) is 13.9 Å². The van der Waals surface area contributed by atoms with Gasteiger partial charge in [-0.05, 0) is 44.5 Å². The molecular formula is C16H21F2N3O2S. The third-order valence-electron chi connectivity index (χ3n) is 4.08. The van der Waals surface area contributed by atoms with E-state index in [4.69, 9.17) is 0 Å². The largest absolute Gasteiger partial charge is 0.378 e. The number of alkyl halides is 2. The molecule has 0 bridgehead atoms. The molecule has 2 rings (SSSR count). The zero-order chi connectivity index (χ0) is 18.1. The summed E-state index contributed by atoms with van der Waals surface area (Å²) in [5.41, 5.74) is 3.72. The molecule has 0 radical (unpaired) electrons. The Labute approximate surface area is 140 Å². The average Bonchev–Trinajstić information content (AvgIpc) is 2.78. The number of hydrogen-bond acceptors (Lipinski definition) is 4. The number of nitrogens with zero attached hydrogens (tertiary/aromatic N) is 2. The lowest BCUT2D eigenvalue weighted by atomic mass is 10.0. The minimum atomic E-state index is -4.56. The molecule has 1 unspecified atom stereocenters. The van der Waals surface area contributed by atoms with Crippen molar-refractivity contribution >= 4 is 15.5 Å². The van der Waals surface area contributed by atoms with Crippen LogP contribution in [0.1, 0.15) is 36.3 Å². The Morgan fingerprint density at radius 2 is 1.79 bits per heavy atom. The molecule has 0 aliphatic carbocycles. The van der Waals surface area contributed by atoms with Crippen LogP contribution in [0.15, 0.2) is 29.2 Å². The fourth-order valence-electron chi connectivity index (χ4n) is 2.72. The zero-order valence-electron chi connectivity index (χ0n) is 14.0. The van der Waals surface area contributed by atoms with Gasteiger partial charge in [-0.25, -0.2) is 8.42 Å². The quantitative estimate of drug-likeness (QED) is 0.858. The molecule has 1 heterocycles. The van der Waals surface area contributed by atoms with Gasteiger partial charge < -0.3 is 5.32 Å². The normalized spacial score (nSPS) is 13.3. The number of sulfone groups is 1. The maximum Gasteiger partial charge on any atom is 0.341 e. The molecule has 0 amide bonds. The second-order valence-electron chi connectivity index (χ2n) is 5.64. The number of halogens is 2. The summed E-state index contributed by atoms with van der Waals surface area (Å²) in [4.78, 5) is -0.384. The fraction of sp³-hybridized carbons (Fsp3) is 0.438. The van der Waals surface area contributed by atoms with Gasteiger partial charge in [0.2, 0.25) is 9.84 Å². The summed E-state index contributed by atoms with van der Waals surface area (Å²) in [6.45, 7) is 5.95.